The molecule has 3 aromatic rings. The van der Waals surface area contributed by atoms with E-state index in [0.29, 0.717) is 19.7 Å². The molecule has 0 aliphatic heterocycles. The van der Waals surface area contributed by atoms with Crippen molar-refractivity contribution >= 4 is 6.03 Å². The minimum Gasteiger partial charge on any atom is -0.380 e. The van der Waals surface area contributed by atoms with Crippen molar-refractivity contribution in [3.63, 3.8) is 0 Å². The SMILES string of the molecule is COCc1cccc(CNC(=O)NCc2c(C)nn(-c3ccccc3)c2C)c1. The van der Waals surface area contributed by atoms with Gasteiger partial charge in [0.15, 0.2) is 0 Å². The minimum absolute atomic E-state index is 0.205. The van der Waals surface area contributed by atoms with Gasteiger partial charge >= 0.3 is 6.03 Å². The Morgan fingerprint density at radius 3 is 2.46 bits per heavy atom. The molecule has 6 heteroatoms. The third kappa shape index (κ3) is 4.78. The van der Waals surface area contributed by atoms with E-state index in [9.17, 15) is 4.79 Å². The molecule has 0 spiro atoms. The zero-order chi connectivity index (χ0) is 19.9. The number of aryl methyl sites for hydroxylation is 1. The van der Waals surface area contributed by atoms with Gasteiger partial charge in [-0.25, -0.2) is 9.48 Å². The molecule has 0 saturated heterocycles. The summed E-state index contributed by atoms with van der Waals surface area (Å²) in [4.78, 5) is 12.2. The van der Waals surface area contributed by atoms with Crippen molar-refractivity contribution < 1.29 is 9.53 Å². The predicted molar refractivity (Wildman–Crippen MR) is 109 cm³/mol. The molecule has 2 amide bonds. The van der Waals surface area contributed by atoms with Crippen LogP contribution in [0, 0.1) is 13.8 Å². The van der Waals surface area contributed by atoms with Gasteiger partial charge in [0.05, 0.1) is 18.0 Å². The molecule has 2 aromatic carbocycles. The fourth-order valence-corrected chi connectivity index (χ4v) is 3.16. The number of methoxy groups -OCH3 is 1. The Hall–Kier alpha value is -3.12. The fraction of sp³-hybridized carbons (Fsp3) is 0.273. The summed E-state index contributed by atoms with van der Waals surface area (Å²) in [5, 5.41) is 10.4. The van der Waals surface area contributed by atoms with Gasteiger partial charge in [-0.05, 0) is 37.1 Å². The van der Waals surface area contributed by atoms with Crippen LogP contribution in [0.2, 0.25) is 0 Å². The monoisotopic (exact) mass is 378 g/mol. The van der Waals surface area contributed by atoms with E-state index in [1.54, 1.807) is 7.11 Å². The van der Waals surface area contributed by atoms with Crippen LogP contribution in [0.5, 0.6) is 0 Å². The van der Waals surface area contributed by atoms with Crippen LogP contribution < -0.4 is 10.6 Å². The molecule has 0 unspecified atom stereocenters. The van der Waals surface area contributed by atoms with Gasteiger partial charge in [0.1, 0.15) is 0 Å². The molecule has 146 valence electrons. The molecule has 1 heterocycles. The summed E-state index contributed by atoms with van der Waals surface area (Å²) < 4.78 is 7.05. The fourth-order valence-electron chi connectivity index (χ4n) is 3.16. The Morgan fingerprint density at radius 1 is 1.00 bits per heavy atom. The molecular weight excluding hydrogens is 352 g/mol. The van der Waals surface area contributed by atoms with Gasteiger partial charge < -0.3 is 15.4 Å². The molecular formula is C22H26N4O2. The second-order valence-electron chi connectivity index (χ2n) is 6.69. The van der Waals surface area contributed by atoms with Crippen molar-refractivity contribution in [2.75, 3.05) is 7.11 Å². The maximum Gasteiger partial charge on any atom is 0.315 e. The average Bonchev–Trinajstić information content (AvgIpc) is 3.00. The van der Waals surface area contributed by atoms with Crippen molar-refractivity contribution in [3.8, 4) is 5.69 Å². The number of carbonyl (C=O) groups excluding carboxylic acids is 1. The van der Waals surface area contributed by atoms with Gasteiger partial charge in [-0.15, -0.1) is 0 Å². The molecule has 0 radical (unpaired) electrons. The number of hydrogen-bond acceptors (Lipinski definition) is 3. The zero-order valence-electron chi connectivity index (χ0n) is 16.5. The molecule has 0 aliphatic carbocycles. The minimum atomic E-state index is -0.205. The molecule has 0 bridgehead atoms. The zero-order valence-corrected chi connectivity index (χ0v) is 16.5. The lowest BCUT2D eigenvalue weighted by Crippen LogP contribution is -2.34. The van der Waals surface area contributed by atoms with Gasteiger partial charge in [0, 0.05) is 31.5 Å². The first-order valence-corrected chi connectivity index (χ1v) is 9.27. The second kappa shape index (κ2) is 9.19. The van der Waals surface area contributed by atoms with E-state index in [1.165, 1.54) is 0 Å². The summed E-state index contributed by atoms with van der Waals surface area (Å²) in [6.07, 6.45) is 0. The van der Waals surface area contributed by atoms with Gasteiger partial charge in [0.25, 0.3) is 0 Å². The van der Waals surface area contributed by atoms with E-state index in [0.717, 1.165) is 33.8 Å². The summed E-state index contributed by atoms with van der Waals surface area (Å²) >= 11 is 0. The number of nitrogens with zero attached hydrogens (tertiary/aromatic N) is 2. The second-order valence-corrected chi connectivity index (χ2v) is 6.69. The molecule has 2 N–H and O–H groups in total. The van der Waals surface area contributed by atoms with Crippen molar-refractivity contribution in [3.05, 3.63) is 82.7 Å². The van der Waals surface area contributed by atoms with E-state index >= 15 is 0 Å². The number of carbonyl (C=O) groups is 1. The first-order valence-electron chi connectivity index (χ1n) is 9.27. The summed E-state index contributed by atoms with van der Waals surface area (Å²) in [6, 6.07) is 17.8. The summed E-state index contributed by atoms with van der Waals surface area (Å²) in [5.41, 5.74) is 6.09. The number of hydrogen-bond donors (Lipinski definition) is 2. The van der Waals surface area contributed by atoms with Crippen LogP contribution in [-0.2, 0) is 24.4 Å². The normalized spacial score (nSPS) is 10.7. The molecule has 3 rings (SSSR count). The Balaban J connectivity index is 1.58. The largest absolute Gasteiger partial charge is 0.380 e. The highest BCUT2D eigenvalue weighted by Gasteiger charge is 2.13. The van der Waals surface area contributed by atoms with E-state index in [-0.39, 0.29) is 6.03 Å². The number of urea groups is 1. The quantitative estimate of drug-likeness (QED) is 0.660. The molecule has 0 atom stereocenters. The Morgan fingerprint density at radius 2 is 1.71 bits per heavy atom. The first kappa shape index (κ1) is 19.6. The van der Waals surface area contributed by atoms with E-state index in [2.05, 4.69) is 15.7 Å². The standard InChI is InChI=1S/C22H26N4O2/c1-16-21(17(2)26(25-16)20-10-5-4-6-11-20)14-24-22(27)23-13-18-8-7-9-19(12-18)15-28-3/h4-12H,13-15H2,1-3H3,(H2,23,24,27). The van der Waals surface area contributed by atoms with Crippen LogP contribution in [-0.4, -0.2) is 22.9 Å². The van der Waals surface area contributed by atoms with E-state index < -0.39 is 0 Å². The molecule has 0 saturated carbocycles. The number of aromatic nitrogens is 2. The van der Waals surface area contributed by atoms with Gasteiger partial charge in [0.2, 0.25) is 0 Å². The first-order chi connectivity index (χ1) is 13.6. The molecule has 0 aliphatic rings. The van der Waals surface area contributed by atoms with Crippen LogP contribution in [0.15, 0.2) is 54.6 Å². The van der Waals surface area contributed by atoms with Gasteiger partial charge in [-0.2, -0.15) is 5.10 Å². The highest BCUT2D eigenvalue weighted by atomic mass is 16.5. The van der Waals surface area contributed by atoms with Crippen LogP contribution in [0.4, 0.5) is 4.79 Å². The summed E-state index contributed by atoms with van der Waals surface area (Å²) in [6.45, 7) is 5.43. The van der Waals surface area contributed by atoms with Gasteiger partial charge in [-0.1, -0.05) is 42.5 Å². The number of benzene rings is 2. The number of rotatable bonds is 7. The van der Waals surface area contributed by atoms with Gasteiger partial charge in [-0.3, -0.25) is 0 Å². The number of para-hydroxylation sites is 1. The average molecular weight is 378 g/mol. The summed E-state index contributed by atoms with van der Waals surface area (Å²) in [7, 11) is 1.67. The van der Waals surface area contributed by atoms with Crippen molar-refractivity contribution in [2.24, 2.45) is 0 Å². The third-order valence-electron chi connectivity index (χ3n) is 4.62. The highest BCUT2D eigenvalue weighted by molar-refractivity contribution is 5.73. The maximum atomic E-state index is 12.2. The van der Waals surface area contributed by atoms with Crippen LogP contribution in [0.25, 0.3) is 5.69 Å². The maximum absolute atomic E-state index is 12.2. The lowest BCUT2D eigenvalue weighted by molar-refractivity contribution is 0.185. The number of amides is 2. The molecule has 6 nitrogen and oxygen atoms in total. The Kier molecular flexibility index (Phi) is 6.45. The highest BCUT2D eigenvalue weighted by Crippen LogP contribution is 2.17. The molecule has 28 heavy (non-hydrogen) atoms. The Labute approximate surface area is 165 Å². The van der Waals surface area contributed by atoms with Crippen LogP contribution in [0.1, 0.15) is 28.1 Å². The number of nitrogens with one attached hydrogen (secondary N) is 2. The van der Waals surface area contributed by atoms with Crippen molar-refractivity contribution in [2.45, 2.75) is 33.5 Å². The Bertz CT molecular complexity index is 935. The number of ether oxygens (including phenoxy) is 1. The lowest BCUT2D eigenvalue weighted by Gasteiger charge is -2.09. The lowest BCUT2D eigenvalue weighted by atomic mass is 10.1. The van der Waals surface area contributed by atoms with Crippen LogP contribution >= 0.6 is 0 Å². The van der Waals surface area contributed by atoms with Crippen molar-refractivity contribution in [1.82, 2.24) is 20.4 Å². The van der Waals surface area contributed by atoms with E-state index in [4.69, 9.17) is 4.74 Å². The van der Waals surface area contributed by atoms with Crippen molar-refractivity contribution in [1.29, 1.82) is 0 Å². The molecule has 0 fully saturated rings. The topological polar surface area (TPSA) is 68.2 Å². The van der Waals surface area contributed by atoms with Crippen LogP contribution in [0.3, 0.4) is 0 Å². The van der Waals surface area contributed by atoms with E-state index in [1.807, 2.05) is 73.1 Å². The predicted octanol–water partition coefficient (Wildman–Crippen LogP) is 3.63. The summed E-state index contributed by atoms with van der Waals surface area (Å²) in [5.74, 6) is 0. The third-order valence-corrected chi connectivity index (χ3v) is 4.62. The smallest absolute Gasteiger partial charge is 0.315 e. The molecule has 1 aromatic heterocycles.